The van der Waals surface area contributed by atoms with Gasteiger partial charge in [0, 0.05) is 23.4 Å². The lowest BCUT2D eigenvalue weighted by Gasteiger charge is -2.16. The number of aromatic nitrogens is 5. The predicted octanol–water partition coefficient (Wildman–Crippen LogP) is 3.05. The molecule has 0 radical (unpaired) electrons. The number of hydrogen-bond donors (Lipinski definition) is 4. The van der Waals surface area contributed by atoms with Gasteiger partial charge in [0.25, 0.3) is 5.91 Å². The molecule has 1 amide bonds. The molecule has 1 aromatic carbocycles. The molecular formula is C22H22N8O3S. The van der Waals surface area contributed by atoms with Crippen LogP contribution in [-0.2, 0) is 6.61 Å². The number of benzene rings is 1. The lowest BCUT2D eigenvalue weighted by atomic mass is 10.1. The number of nitrogens with zero attached hydrogens (tertiary/aromatic N) is 5. The van der Waals surface area contributed by atoms with Gasteiger partial charge in [-0.15, -0.1) is 26.6 Å². The summed E-state index contributed by atoms with van der Waals surface area (Å²) in [7, 11) is 1.49. The fourth-order valence-electron chi connectivity index (χ4n) is 3.05. The van der Waals surface area contributed by atoms with Crippen LogP contribution >= 0.6 is 11.3 Å². The third-order valence-electron chi connectivity index (χ3n) is 4.60. The SMILES string of the molecule is [2H]C([2H])([2H])NC(=O)c1nnc(Nc2ccc(C)nn2)cc1Nc1cccc(-c2ncc(CO)s2)c1OC. The average Bonchev–Trinajstić information content (AvgIpc) is 3.34. The first-order chi connectivity index (χ1) is 17.7. The first-order valence-electron chi connectivity index (χ1n) is 11.4. The van der Waals surface area contributed by atoms with Gasteiger partial charge in [0.2, 0.25) is 0 Å². The molecule has 0 saturated carbocycles. The van der Waals surface area contributed by atoms with Crippen LogP contribution in [0.4, 0.5) is 23.0 Å². The molecule has 0 saturated heterocycles. The monoisotopic (exact) mass is 481 g/mol. The van der Waals surface area contributed by atoms with E-state index >= 15 is 0 Å². The van der Waals surface area contributed by atoms with E-state index in [0.29, 0.717) is 32.7 Å². The maximum Gasteiger partial charge on any atom is 0.273 e. The number of carbonyl (C=O) groups excluding carboxylic acids is 1. The van der Waals surface area contributed by atoms with Crippen molar-refractivity contribution in [1.82, 2.24) is 30.7 Å². The van der Waals surface area contributed by atoms with Gasteiger partial charge in [0.1, 0.15) is 5.01 Å². The summed E-state index contributed by atoms with van der Waals surface area (Å²) >= 11 is 1.31. The molecule has 0 bridgehead atoms. The van der Waals surface area contributed by atoms with Gasteiger partial charge in [-0.2, -0.15) is 5.10 Å². The summed E-state index contributed by atoms with van der Waals surface area (Å²) in [5.74, 6) is 0.0980. The van der Waals surface area contributed by atoms with Crippen LogP contribution in [0.15, 0.2) is 42.6 Å². The van der Waals surface area contributed by atoms with Gasteiger partial charge in [-0.05, 0) is 31.2 Å². The second-order valence-electron chi connectivity index (χ2n) is 6.93. The minimum Gasteiger partial charge on any atom is -0.494 e. The van der Waals surface area contributed by atoms with Gasteiger partial charge < -0.3 is 25.8 Å². The Bertz CT molecular complexity index is 1410. The van der Waals surface area contributed by atoms with E-state index in [9.17, 15) is 9.90 Å². The summed E-state index contributed by atoms with van der Waals surface area (Å²) < 4.78 is 27.8. The maximum atomic E-state index is 12.7. The molecule has 3 aromatic heterocycles. The van der Waals surface area contributed by atoms with Crippen molar-refractivity contribution in [1.29, 1.82) is 0 Å². The zero-order valence-corrected chi connectivity index (χ0v) is 19.0. The fraction of sp³-hybridized carbons (Fsp3) is 0.182. The highest BCUT2D eigenvalue weighted by molar-refractivity contribution is 7.15. The Morgan fingerprint density at radius 3 is 2.68 bits per heavy atom. The molecular weight excluding hydrogens is 456 g/mol. The van der Waals surface area contributed by atoms with E-state index in [4.69, 9.17) is 8.85 Å². The number of rotatable bonds is 8. The Labute approximate surface area is 203 Å². The number of ether oxygens (including phenoxy) is 1. The Hall–Kier alpha value is -4.16. The number of amides is 1. The van der Waals surface area contributed by atoms with Crippen molar-refractivity contribution in [2.45, 2.75) is 13.5 Å². The molecule has 4 rings (SSSR count). The number of para-hydroxylation sites is 1. The van der Waals surface area contributed by atoms with Crippen molar-refractivity contribution >= 4 is 40.3 Å². The van der Waals surface area contributed by atoms with Crippen molar-refractivity contribution in [2.75, 3.05) is 24.7 Å². The molecule has 11 nitrogen and oxygen atoms in total. The summed E-state index contributed by atoms with van der Waals surface area (Å²) in [4.78, 5) is 17.8. The van der Waals surface area contributed by atoms with Gasteiger partial charge in [0.05, 0.1) is 41.2 Å². The summed E-state index contributed by atoms with van der Waals surface area (Å²) in [5.41, 5.74) is 1.75. The number of thiazole rings is 1. The zero-order valence-electron chi connectivity index (χ0n) is 21.2. The van der Waals surface area contributed by atoms with Crippen molar-refractivity contribution in [3.8, 4) is 16.3 Å². The topological polar surface area (TPSA) is 147 Å². The molecule has 0 aliphatic rings. The Balaban J connectivity index is 1.74. The number of nitrogens with one attached hydrogen (secondary N) is 3. The number of carbonyl (C=O) groups is 1. The first kappa shape index (κ1) is 19.3. The van der Waals surface area contributed by atoms with Crippen molar-refractivity contribution in [3.05, 3.63) is 58.9 Å². The number of methoxy groups -OCH3 is 1. The molecule has 3 heterocycles. The third-order valence-corrected chi connectivity index (χ3v) is 5.62. The molecule has 12 heteroatoms. The molecule has 0 aliphatic heterocycles. The second-order valence-corrected chi connectivity index (χ2v) is 8.05. The van der Waals surface area contributed by atoms with Crippen LogP contribution < -0.4 is 20.7 Å². The number of aryl methyl sites for hydroxylation is 1. The van der Waals surface area contributed by atoms with Crippen LogP contribution in [0.1, 0.15) is 25.2 Å². The predicted molar refractivity (Wildman–Crippen MR) is 129 cm³/mol. The standard InChI is InChI=1S/C22H22N8O3S/c1-12-7-8-17(28-27-12)26-18-9-16(19(30-29-18)21(32)23-2)25-15-6-4-5-14(20(15)33-3)22-24-10-13(11-31)34-22/h4-10,31H,11H2,1-3H3,(H,23,32)(H2,25,26,28,29)/i2D3. The number of aliphatic hydroxyl groups excluding tert-OH is 1. The van der Waals surface area contributed by atoms with Gasteiger partial charge in [0.15, 0.2) is 23.1 Å². The molecule has 4 aromatic rings. The molecule has 0 aliphatic carbocycles. The van der Waals surface area contributed by atoms with E-state index in [2.05, 4.69) is 36.0 Å². The Morgan fingerprint density at radius 2 is 1.97 bits per heavy atom. The van der Waals surface area contributed by atoms with Crippen LogP contribution in [0.5, 0.6) is 5.75 Å². The molecule has 34 heavy (non-hydrogen) atoms. The molecule has 0 fully saturated rings. The third kappa shape index (κ3) is 4.92. The van der Waals surface area contributed by atoms with Crippen molar-refractivity contribution in [3.63, 3.8) is 0 Å². The summed E-state index contributed by atoms with van der Waals surface area (Å²) in [6.07, 6.45) is 1.58. The average molecular weight is 482 g/mol. The molecule has 174 valence electrons. The molecule has 0 spiro atoms. The van der Waals surface area contributed by atoms with E-state index in [1.165, 1.54) is 24.5 Å². The van der Waals surface area contributed by atoms with Crippen LogP contribution in [0, 0.1) is 6.92 Å². The smallest absolute Gasteiger partial charge is 0.273 e. The van der Waals surface area contributed by atoms with Crippen molar-refractivity contribution in [2.24, 2.45) is 0 Å². The largest absolute Gasteiger partial charge is 0.494 e. The second kappa shape index (κ2) is 10.2. The van der Waals surface area contributed by atoms with Crippen LogP contribution in [0.25, 0.3) is 10.6 Å². The van der Waals surface area contributed by atoms with E-state index in [0.717, 1.165) is 5.69 Å². The lowest BCUT2D eigenvalue weighted by molar-refractivity contribution is 0.0958. The van der Waals surface area contributed by atoms with Gasteiger partial charge in [-0.1, -0.05) is 6.07 Å². The van der Waals surface area contributed by atoms with Gasteiger partial charge in [-0.3, -0.25) is 4.79 Å². The van der Waals surface area contributed by atoms with Crippen molar-refractivity contribution < 1.29 is 18.8 Å². The lowest BCUT2D eigenvalue weighted by Crippen LogP contribution is -2.21. The number of hydrogen-bond acceptors (Lipinski definition) is 11. The highest BCUT2D eigenvalue weighted by Gasteiger charge is 2.19. The number of aliphatic hydroxyl groups is 1. The van der Waals surface area contributed by atoms with Gasteiger partial charge >= 0.3 is 0 Å². The van der Waals surface area contributed by atoms with Gasteiger partial charge in [-0.25, -0.2) is 4.98 Å². The summed E-state index contributed by atoms with van der Waals surface area (Å²) in [6.45, 7) is -1.06. The normalized spacial score (nSPS) is 12.3. The highest BCUT2D eigenvalue weighted by atomic mass is 32.1. The minimum absolute atomic E-state index is 0.135. The minimum atomic E-state index is -2.72. The molecule has 0 unspecified atom stereocenters. The first-order valence-corrected chi connectivity index (χ1v) is 10.8. The van der Waals surface area contributed by atoms with Crippen LogP contribution in [-0.4, -0.2) is 50.5 Å². The van der Waals surface area contributed by atoms with E-state index < -0.39 is 12.9 Å². The maximum absolute atomic E-state index is 12.7. The van der Waals surface area contributed by atoms with E-state index in [1.807, 2.05) is 5.32 Å². The zero-order chi connectivity index (χ0) is 26.6. The summed E-state index contributed by atoms with van der Waals surface area (Å²) in [6, 6.07) is 10.2. The summed E-state index contributed by atoms with van der Waals surface area (Å²) in [5, 5.41) is 34.0. The van der Waals surface area contributed by atoms with Crippen LogP contribution in [0.3, 0.4) is 0 Å². The highest BCUT2D eigenvalue weighted by Crippen LogP contribution is 2.39. The fourth-order valence-corrected chi connectivity index (χ4v) is 3.84. The van der Waals surface area contributed by atoms with E-state index in [1.54, 1.807) is 43.5 Å². The van der Waals surface area contributed by atoms with Crippen LogP contribution in [0.2, 0.25) is 0 Å². The van der Waals surface area contributed by atoms with E-state index in [-0.39, 0.29) is 23.8 Å². The Kier molecular flexibility index (Phi) is 5.79. The molecule has 0 atom stereocenters. The molecule has 4 N–H and O–H groups in total. The quantitative estimate of drug-likeness (QED) is 0.296. The Morgan fingerprint density at radius 1 is 1.12 bits per heavy atom. The number of anilines is 4.